The summed E-state index contributed by atoms with van der Waals surface area (Å²) in [6.45, 7) is 4.47. The van der Waals surface area contributed by atoms with E-state index in [1.165, 1.54) is 30.4 Å². The number of halogens is 1. The average molecular weight is 384 g/mol. The van der Waals surface area contributed by atoms with E-state index in [0.717, 1.165) is 25.6 Å². The Kier molecular flexibility index (Phi) is 6.13. The molecule has 2 aromatic carbocycles. The number of carbonyl (C=O) groups excluding carboxylic acids is 2. The topological polar surface area (TPSA) is 73.5 Å². The van der Waals surface area contributed by atoms with Crippen LogP contribution in [0.2, 0.25) is 0 Å². The number of hydrogen-bond acceptors (Lipinski definition) is 3. The number of amides is 3. The van der Waals surface area contributed by atoms with E-state index in [1.54, 1.807) is 0 Å². The van der Waals surface area contributed by atoms with Crippen molar-refractivity contribution in [2.45, 2.75) is 13.3 Å². The summed E-state index contributed by atoms with van der Waals surface area (Å²) in [5.74, 6) is -0.808. The Hall–Kier alpha value is -3.09. The van der Waals surface area contributed by atoms with Crippen LogP contribution in [0.25, 0.3) is 0 Å². The molecule has 0 radical (unpaired) electrons. The van der Waals surface area contributed by atoms with Crippen molar-refractivity contribution in [2.24, 2.45) is 5.92 Å². The van der Waals surface area contributed by atoms with E-state index in [9.17, 15) is 14.0 Å². The van der Waals surface area contributed by atoms with Gasteiger partial charge in [0.1, 0.15) is 5.82 Å². The summed E-state index contributed by atoms with van der Waals surface area (Å²) in [5, 5.41) is 7.89. The van der Waals surface area contributed by atoms with Crippen LogP contribution in [0.1, 0.15) is 22.3 Å². The molecule has 3 rings (SSSR count). The summed E-state index contributed by atoms with van der Waals surface area (Å²) < 4.78 is 13.7. The van der Waals surface area contributed by atoms with Crippen molar-refractivity contribution in [3.8, 4) is 0 Å². The first-order valence-corrected chi connectivity index (χ1v) is 9.34. The fourth-order valence-electron chi connectivity index (χ4n) is 3.31. The van der Waals surface area contributed by atoms with Crippen molar-refractivity contribution in [2.75, 3.05) is 36.9 Å². The first kappa shape index (κ1) is 19.7. The number of anilines is 2. The van der Waals surface area contributed by atoms with Gasteiger partial charge in [-0.3, -0.25) is 4.79 Å². The van der Waals surface area contributed by atoms with Gasteiger partial charge in [-0.2, -0.15) is 0 Å². The Bertz CT molecular complexity index is 854. The smallest absolute Gasteiger partial charge is 0.319 e. The van der Waals surface area contributed by atoms with E-state index in [-0.39, 0.29) is 11.6 Å². The Morgan fingerprint density at radius 1 is 1.18 bits per heavy atom. The zero-order chi connectivity index (χ0) is 20.1. The maximum absolute atomic E-state index is 13.7. The van der Waals surface area contributed by atoms with Crippen LogP contribution in [-0.2, 0) is 0 Å². The SMILES string of the molecule is CNC(=O)c1cc(NC(=O)NC[C@@H]2CCN(c3ccc(C)cc3)C2)ccc1F. The summed E-state index contributed by atoms with van der Waals surface area (Å²) >= 11 is 0. The average Bonchev–Trinajstić information content (AvgIpc) is 3.17. The van der Waals surface area contributed by atoms with E-state index in [2.05, 4.69) is 52.0 Å². The number of nitrogens with zero attached hydrogens (tertiary/aromatic N) is 1. The zero-order valence-electron chi connectivity index (χ0n) is 16.1. The fraction of sp³-hybridized carbons (Fsp3) is 0.333. The lowest BCUT2D eigenvalue weighted by Gasteiger charge is -2.19. The molecule has 3 N–H and O–H groups in total. The number of aryl methyl sites for hydroxylation is 1. The molecule has 148 valence electrons. The lowest BCUT2D eigenvalue weighted by molar-refractivity contribution is 0.0959. The van der Waals surface area contributed by atoms with Gasteiger partial charge in [0, 0.05) is 38.1 Å². The highest BCUT2D eigenvalue weighted by Crippen LogP contribution is 2.23. The predicted octanol–water partition coefficient (Wildman–Crippen LogP) is 3.14. The molecule has 0 aliphatic carbocycles. The molecule has 28 heavy (non-hydrogen) atoms. The molecule has 1 aliphatic rings. The molecule has 0 aromatic heterocycles. The molecule has 3 amide bonds. The van der Waals surface area contributed by atoms with Crippen LogP contribution >= 0.6 is 0 Å². The van der Waals surface area contributed by atoms with Crippen LogP contribution in [-0.4, -0.2) is 38.6 Å². The first-order chi connectivity index (χ1) is 13.5. The third-order valence-electron chi connectivity index (χ3n) is 4.93. The minimum absolute atomic E-state index is 0.107. The highest BCUT2D eigenvalue weighted by Gasteiger charge is 2.23. The van der Waals surface area contributed by atoms with Gasteiger partial charge in [-0.05, 0) is 49.6 Å². The minimum atomic E-state index is -0.632. The van der Waals surface area contributed by atoms with Crippen LogP contribution in [0.15, 0.2) is 42.5 Å². The molecule has 1 heterocycles. The predicted molar refractivity (Wildman–Crippen MR) is 108 cm³/mol. The van der Waals surface area contributed by atoms with Gasteiger partial charge in [-0.25, -0.2) is 9.18 Å². The van der Waals surface area contributed by atoms with E-state index in [0.29, 0.717) is 18.2 Å². The number of rotatable bonds is 5. The standard InChI is InChI=1S/C21H25FN4O2/c1-14-3-6-17(7-4-14)26-10-9-15(13-26)12-24-21(28)25-16-5-8-19(22)18(11-16)20(27)23-2/h3-8,11,15H,9-10,12-13H2,1-2H3,(H,23,27)(H2,24,25,28)/t15-/m0/s1. The van der Waals surface area contributed by atoms with Gasteiger partial charge in [-0.1, -0.05) is 17.7 Å². The van der Waals surface area contributed by atoms with Gasteiger partial charge >= 0.3 is 6.03 Å². The molecule has 1 fully saturated rings. The van der Waals surface area contributed by atoms with Crippen molar-refractivity contribution < 1.29 is 14.0 Å². The fourth-order valence-corrected chi connectivity index (χ4v) is 3.31. The van der Waals surface area contributed by atoms with Gasteiger partial charge in [-0.15, -0.1) is 0 Å². The molecule has 2 aromatic rings. The first-order valence-electron chi connectivity index (χ1n) is 9.34. The monoisotopic (exact) mass is 384 g/mol. The van der Waals surface area contributed by atoms with Gasteiger partial charge < -0.3 is 20.9 Å². The number of urea groups is 1. The second kappa shape index (κ2) is 8.73. The van der Waals surface area contributed by atoms with E-state index in [1.807, 2.05) is 0 Å². The third-order valence-corrected chi connectivity index (χ3v) is 4.93. The largest absolute Gasteiger partial charge is 0.371 e. The quantitative estimate of drug-likeness (QED) is 0.742. The number of benzene rings is 2. The summed E-state index contributed by atoms with van der Waals surface area (Å²) in [7, 11) is 1.43. The van der Waals surface area contributed by atoms with Crippen LogP contribution < -0.4 is 20.9 Å². The molecule has 0 bridgehead atoms. The van der Waals surface area contributed by atoms with Crippen molar-refractivity contribution >= 4 is 23.3 Å². The van der Waals surface area contributed by atoms with E-state index < -0.39 is 11.7 Å². The van der Waals surface area contributed by atoms with Crippen molar-refractivity contribution in [1.29, 1.82) is 0 Å². The number of carbonyl (C=O) groups is 2. The second-order valence-corrected chi connectivity index (χ2v) is 7.05. The highest BCUT2D eigenvalue weighted by atomic mass is 19.1. The van der Waals surface area contributed by atoms with Crippen LogP contribution in [0.4, 0.5) is 20.6 Å². The Morgan fingerprint density at radius 2 is 1.93 bits per heavy atom. The Balaban J connectivity index is 1.50. The molecule has 0 saturated carbocycles. The molecule has 1 atom stereocenters. The van der Waals surface area contributed by atoms with Crippen molar-refractivity contribution in [3.63, 3.8) is 0 Å². The molecule has 0 unspecified atom stereocenters. The van der Waals surface area contributed by atoms with Gasteiger partial charge in [0.2, 0.25) is 0 Å². The number of hydrogen-bond donors (Lipinski definition) is 3. The van der Waals surface area contributed by atoms with Crippen LogP contribution in [0.5, 0.6) is 0 Å². The van der Waals surface area contributed by atoms with Gasteiger partial charge in [0.05, 0.1) is 5.56 Å². The summed E-state index contributed by atoms with van der Waals surface area (Å²) in [4.78, 5) is 26.1. The normalized spacial score (nSPS) is 16.0. The molecule has 6 nitrogen and oxygen atoms in total. The molecular weight excluding hydrogens is 359 g/mol. The van der Waals surface area contributed by atoms with Crippen molar-refractivity contribution in [3.05, 3.63) is 59.4 Å². The molecule has 7 heteroatoms. The highest BCUT2D eigenvalue weighted by molar-refractivity contribution is 5.97. The maximum Gasteiger partial charge on any atom is 0.319 e. The molecule has 1 aliphatic heterocycles. The van der Waals surface area contributed by atoms with E-state index >= 15 is 0 Å². The zero-order valence-corrected chi connectivity index (χ0v) is 16.1. The lowest BCUT2D eigenvalue weighted by Crippen LogP contribution is -2.34. The second-order valence-electron chi connectivity index (χ2n) is 7.05. The van der Waals surface area contributed by atoms with Crippen molar-refractivity contribution in [1.82, 2.24) is 10.6 Å². The molecule has 1 saturated heterocycles. The summed E-state index contributed by atoms with van der Waals surface area (Å²) in [6.07, 6.45) is 1.01. The summed E-state index contributed by atoms with van der Waals surface area (Å²) in [5.41, 5.74) is 2.69. The Labute approximate surface area is 164 Å². The molecular formula is C21H25FN4O2. The van der Waals surface area contributed by atoms with Crippen LogP contribution in [0, 0.1) is 18.7 Å². The number of nitrogens with one attached hydrogen (secondary N) is 3. The lowest BCUT2D eigenvalue weighted by atomic mass is 10.1. The van der Waals surface area contributed by atoms with Gasteiger partial charge in [0.25, 0.3) is 5.91 Å². The third kappa shape index (κ3) is 4.79. The van der Waals surface area contributed by atoms with Gasteiger partial charge in [0.15, 0.2) is 0 Å². The van der Waals surface area contributed by atoms with Crippen LogP contribution in [0.3, 0.4) is 0 Å². The maximum atomic E-state index is 13.7. The van der Waals surface area contributed by atoms with E-state index in [4.69, 9.17) is 0 Å². The minimum Gasteiger partial charge on any atom is -0.371 e. The molecule has 0 spiro atoms. The Morgan fingerprint density at radius 3 is 2.64 bits per heavy atom. The summed E-state index contributed by atoms with van der Waals surface area (Å²) in [6, 6.07) is 12.0.